The Morgan fingerprint density at radius 2 is 2.00 bits per heavy atom. The van der Waals surface area contributed by atoms with Crippen molar-refractivity contribution in [1.82, 2.24) is 5.32 Å². The number of ether oxygens (including phenoxy) is 2. The number of halogens is 2. The van der Waals surface area contributed by atoms with Crippen LogP contribution in [0, 0.1) is 5.92 Å². The van der Waals surface area contributed by atoms with Gasteiger partial charge in [-0.2, -0.15) is 8.78 Å². The van der Waals surface area contributed by atoms with Crippen molar-refractivity contribution in [3.8, 4) is 11.5 Å². The minimum absolute atomic E-state index is 0.0343. The second-order valence-electron chi connectivity index (χ2n) is 6.26. The monoisotopic (exact) mass is 381 g/mol. The number of carbonyl (C=O) groups is 1. The maximum Gasteiger partial charge on any atom is 0.387 e. The van der Waals surface area contributed by atoms with Crippen LogP contribution in [0.15, 0.2) is 35.7 Å². The van der Waals surface area contributed by atoms with E-state index in [1.54, 1.807) is 11.3 Å². The third-order valence-corrected chi connectivity index (χ3v) is 5.60. The van der Waals surface area contributed by atoms with Crippen molar-refractivity contribution < 1.29 is 23.0 Å². The lowest BCUT2D eigenvalue weighted by Crippen LogP contribution is -2.32. The number of hydrogen-bond donors (Lipinski definition) is 1. The highest BCUT2D eigenvalue weighted by Gasteiger charge is 2.29. The second-order valence-corrected chi connectivity index (χ2v) is 7.23. The molecule has 0 radical (unpaired) electrons. The van der Waals surface area contributed by atoms with Crippen molar-refractivity contribution in [1.29, 1.82) is 0 Å². The largest absolute Gasteiger partial charge is 0.493 e. The van der Waals surface area contributed by atoms with Crippen LogP contribution in [0.3, 0.4) is 0 Å². The normalized spacial score (nSPS) is 15.8. The molecule has 140 valence electrons. The van der Waals surface area contributed by atoms with Crippen LogP contribution in [0.1, 0.15) is 47.0 Å². The number of methoxy groups -OCH3 is 1. The summed E-state index contributed by atoms with van der Waals surface area (Å²) in [4.78, 5) is 13.9. The fraction of sp³-hybridized carbons (Fsp3) is 0.421. The first-order valence-electron chi connectivity index (χ1n) is 8.55. The summed E-state index contributed by atoms with van der Waals surface area (Å²) in [5.74, 6) is 0.175. The zero-order chi connectivity index (χ0) is 18.5. The van der Waals surface area contributed by atoms with Gasteiger partial charge in [0.15, 0.2) is 11.5 Å². The van der Waals surface area contributed by atoms with Crippen molar-refractivity contribution in [2.45, 2.75) is 38.3 Å². The molecule has 0 spiro atoms. The second kappa shape index (κ2) is 8.49. The number of hydrogen-bond acceptors (Lipinski definition) is 4. The Balaban J connectivity index is 1.79. The van der Waals surface area contributed by atoms with Crippen LogP contribution in [0.5, 0.6) is 11.5 Å². The highest BCUT2D eigenvalue weighted by molar-refractivity contribution is 7.10. The molecule has 1 aliphatic carbocycles. The predicted molar refractivity (Wildman–Crippen MR) is 96.1 cm³/mol. The molecule has 1 aromatic carbocycles. The van der Waals surface area contributed by atoms with E-state index in [9.17, 15) is 13.6 Å². The smallest absolute Gasteiger partial charge is 0.387 e. The van der Waals surface area contributed by atoms with Gasteiger partial charge in [-0.1, -0.05) is 18.9 Å². The van der Waals surface area contributed by atoms with Gasteiger partial charge in [0, 0.05) is 10.4 Å². The van der Waals surface area contributed by atoms with Crippen LogP contribution in [-0.2, 0) is 0 Å². The van der Waals surface area contributed by atoms with Gasteiger partial charge in [-0.05, 0) is 48.4 Å². The average molecular weight is 381 g/mol. The van der Waals surface area contributed by atoms with E-state index in [4.69, 9.17) is 4.74 Å². The van der Waals surface area contributed by atoms with Crippen LogP contribution in [0.4, 0.5) is 8.78 Å². The SMILES string of the molecule is COc1cc(C(=O)NC(c2cccs2)C2CCCC2)ccc1OC(F)F. The lowest BCUT2D eigenvalue weighted by atomic mass is 9.96. The van der Waals surface area contributed by atoms with Gasteiger partial charge in [-0.15, -0.1) is 11.3 Å². The van der Waals surface area contributed by atoms with Gasteiger partial charge in [0.05, 0.1) is 13.2 Å². The lowest BCUT2D eigenvalue weighted by Gasteiger charge is -2.24. The van der Waals surface area contributed by atoms with E-state index in [1.807, 2.05) is 17.5 Å². The zero-order valence-electron chi connectivity index (χ0n) is 14.4. The fourth-order valence-corrected chi connectivity index (χ4v) is 4.28. The van der Waals surface area contributed by atoms with Crippen LogP contribution < -0.4 is 14.8 Å². The number of rotatable bonds is 7. The summed E-state index contributed by atoms with van der Waals surface area (Å²) in [7, 11) is 1.35. The molecule has 7 heteroatoms. The first-order chi connectivity index (χ1) is 12.6. The molecule has 4 nitrogen and oxygen atoms in total. The Hall–Kier alpha value is -2.15. The number of thiophene rings is 1. The van der Waals surface area contributed by atoms with Crippen molar-refractivity contribution in [3.63, 3.8) is 0 Å². The molecule has 1 amide bonds. The molecule has 2 aromatic rings. The third-order valence-electron chi connectivity index (χ3n) is 4.65. The summed E-state index contributed by atoms with van der Waals surface area (Å²) < 4.78 is 34.4. The van der Waals surface area contributed by atoms with E-state index < -0.39 is 6.61 Å². The van der Waals surface area contributed by atoms with Crippen LogP contribution >= 0.6 is 11.3 Å². The molecule has 0 saturated heterocycles. The molecule has 1 aliphatic rings. The van der Waals surface area contributed by atoms with E-state index >= 15 is 0 Å². The molecule has 1 aromatic heterocycles. The molecule has 0 bridgehead atoms. The van der Waals surface area contributed by atoms with E-state index in [2.05, 4.69) is 10.1 Å². The van der Waals surface area contributed by atoms with E-state index in [-0.39, 0.29) is 23.4 Å². The molecule has 1 atom stereocenters. The molecule has 1 fully saturated rings. The molecular formula is C19H21F2NO3S. The Kier molecular flexibility index (Phi) is 6.08. The first kappa shape index (κ1) is 18.6. The summed E-state index contributed by atoms with van der Waals surface area (Å²) in [6, 6.07) is 8.20. The van der Waals surface area contributed by atoms with Gasteiger partial charge in [0.25, 0.3) is 5.91 Å². The summed E-state index contributed by atoms with van der Waals surface area (Å²) in [5.41, 5.74) is 0.350. The summed E-state index contributed by atoms with van der Waals surface area (Å²) in [5, 5.41) is 5.12. The summed E-state index contributed by atoms with van der Waals surface area (Å²) in [6.45, 7) is -2.95. The molecule has 1 unspecified atom stereocenters. The zero-order valence-corrected chi connectivity index (χ0v) is 15.2. The Morgan fingerprint density at radius 1 is 1.23 bits per heavy atom. The minimum Gasteiger partial charge on any atom is -0.493 e. The van der Waals surface area contributed by atoms with Crippen LogP contribution in [0.25, 0.3) is 0 Å². The number of amides is 1. The number of alkyl halides is 2. The third kappa shape index (κ3) is 4.33. The van der Waals surface area contributed by atoms with Gasteiger partial charge in [0.1, 0.15) is 0 Å². The maximum atomic E-state index is 12.8. The Bertz CT molecular complexity index is 730. The topological polar surface area (TPSA) is 47.6 Å². The van der Waals surface area contributed by atoms with E-state index in [0.717, 1.165) is 17.7 Å². The van der Waals surface area contributed by atoms with Gasteiger partial charge < -0.3 is 14.8 Å². The molecule has 1 N–H and O–H groups in total. The van der Waals surface area contributed by atoms with Gasteiger partial charge in [-0.25, -0.2) is 0 Å². The predicted octanol–water partition coefficient (Wildman–Crippen LogP) is 5.02. The highest BCUT2D eigenvalue weighted by atomic mass is 32.1. The number of nitrogens with one attached hydrogen (secondary N) is 1. The summed E-state index contributed by atoms with van der Waals surface area (Å²) in [6.07, 6.45) is 4.53. The highest BCUT2D eigenvalue weighted by Crippen LogP contribution is 2.38. The van der Waals surface area contributed by atoms with Crippen molar-refractivity contribution in [2.24, 2.45) is 5.92 Å². The number of carbonyl (C=O) groups excluding carboxylic acids is 1. The van der Waals surface area contributed by atoms with E-state index in [0.29, 0.717) is 11.5 Å². The molecular weight excluding hydrogens is 360 g/mol. The molecule has 3 rings (SSSR count). The average Bonchev–Trinajstić information content (AvgIpc) is 3.33. The molecule has 0 aliphatic heterocycles. The molecule has 26 heavy (non-hydrogen) atoms. The van der Waals surface area contributed by atoms with Gasteiger partial charge in [0.2, 0.25) is 0 Å². The van der Waals surface area contributed by atoms with Gasteiger partial charge in [-0.3, -0.25) is 4.79 Å². The lowest BCUT2D eigenvalue weighted by molar-refractivity contribution is -0.0512. The van der Waals surface area contributed by atoms with Crippen molar-refractivity contribution >= 4 is 17.2 Å². The van der Waals surface area contributed by atoms with Gasteiger partial charge >= 0.3 is 6.61 Å². The van der Waals surface area contributed by atoms with Crippen molar-refractivity contribution in [3.05, 3.63) is 46.2 Å². The van der Waals surface area contributed by atoms with Crippen LogP contribution in [0.2, 0.25) is 0 Å². The quantitative estimate of drug-likeness (QED) is 0.733. The molecule has 1 heterocycles. The maximum absolute atomic E-state index is 12.8. The van der Waals surface area contributed by atoms with Crippen molar-refractivity contribution in [2.75, 3.05) is 7.11 Å². The summed E-state index contributed by atoms with van der Waals surface area (Å²) >= 11 is 1.63. The minimum atomic E-state index is -2.95. The Labute approximate surface area is 155 Å². The Morgan fingerprint density at radius 3 is 2.62 bits per heavy atom. The van der Waals surface area contributed by atoms with Crippen LogP contribution in [-0.4, -0.2) is 19.6 Å². The van der Waals surface area contributed by atoms with E-state index in [1.165, 1.54) is 38.2 Å². The first-order valence-corrected chi connectivity index (χ1v) is 9.43. The fourth-order valence-electron chi connectivity index (χ4n) is 3.41. The standard InChI is InChI=1S/C19H21F2NO3S/c1-24-15-11-13(8-9-14(15)25-19(20)21)18(23)22-17(12-5-2-3-6-12)16-7-4-10-26-16/h4,7-12,17,19H,2-3,5-6H2,1H3,(H,22,23). The number of benzene rings is 1. The molecule has 1 saturated carbocycles.